The van der Waals surface area contributed by atoms with Gasteiger partial charge in [-0.2, -0.15) is 0 Å². The van der Waals surface area contributed by atoms with Crippen LogP contribution in [0.2, 0.25) is 0 Å². The standard InChI is InChI=1S/C14H20N2O3/c1-9(2)10-4-6-11(7-5-10)16-14(19)12(15-3)8-13(17)18/h4-7,9,12,15H,8H2,1-3H3,(H,16,19)(H,17,18)/t12-/m0/s1. The van der Waals surface area contributed by atoms with E-state index in [0.29, 0.717) is 11.6 Å². The summed E-state index contributed by atoms with van der Waals surface area (Å²) in [7, 11) is 1.56. The second-order valence-electron chi connectivity index (χ2n) is 4.71. The Morgan fingerprint density at radius 1 is 1.21 bits per heavy atom. The summed E-state index contributed by atoms with van der Waals surface area (Å²) in [5.41, 5.74) is 1.86. The Balaban J connectivity index is 2.67. The highest BCUT2D eigenvalue weighted by Crippen LogP contribution is 2.17. The van der Waals surface area contributed by atoms with E-state index in [1.165, 1.54) is 5.56 Å². The lowest BCUT2D eigenvalue weighted by atomic mass is 10.0. The summed E-state index contributed by atoms with van der Waals surface area (Å²) in [6.45, 7) is 4.19. The number of benzene rings is 1. The first-order valence-corrected chi connectivity index (χ1v) is 6.24. The van der Waals surface area contributed by atoms with Gasteiger partial charge in [-0.15, -0.1) is 0 Å². The highest BCUT2D eigenvalue weighted by Gasteiger charge is 2.19. The van der Waals surface area contributed by atoms with Crippen molar-refractivity contribution >= 4 is 17.6 Å². The van der Waals surface area contributed by atoms with Gasteiger partial charge in [-0.05, 0) is 30.7 Å². The Labute approximate surface area is 113 Å². The van der Waals surface area contributed by atoms with Gasteiger partial charge in [-0.1, -0.05) is 26.0 Å². The first-order chi connectivity index (χ1) is 8.93. The Morgan fingerprint density at radius 2 is 1.79 bits per heavy atom. The summed E-state index contributed by atoms with van der Waals surface area (Å²) in [6.07, 6.45) is -0.244. The van der Waals surface area contributed by atoms with Crippen molar-refractivity contribution in [3.63, 3.8) is 0 Å². The van der Waals surface area contributed by atoms with Gasteiger partial charge < -0.3 is 15.7 Å². The minimum Gasteiger partial charge on any atom is -0.481 e. The number of carboxylic acids is 1. The number of amides is 1. The Hall–Kier alpha value is -1.88. The lowest BCUT2D eigenvalue weighted by Gasteiger charge is -2.14. The van der Waals surface area contributed by atoms with Crippen LogP contribution in [-0.4, -0.2) is 30.1 Å². The number of anilines is 1. The van der Waals surface area contributed by atoms with Crippen LogP contribution in [0.5, 0.6) is 0 Å². The van der Waals surface area contributed by atoms with Crippen LogP contribution in [-0.2, 0) is 9.59 Å². The average Bonchev–Trinajstić information content (AvgIpc) is 2.36. The molecular weight excluding hydrogens is 244 g/mol. The molecule has 0 saturated heterocycles. The second-order valence-corrected chi connectivity index (χ2v) is 4.71. The number of carbonyl (C=O) groups excluding carboxylic acids is 1. The van der Waals surface area contributed by atoms with Gasteiger partial charge >= 0.3 is 5.97 Å². The third-order valence-electron chi connectivity index (χ3n) is 2.89. The minimum absolute atomic E-state index is 0.244. The molecular formula is C14H20N2O3. The van der Waals surface area contributed by atoms with Gasteiger partial charge in [0.15, 0.2) is 0 Å². The molecule has 0 radical (unpaired) electrons. The molecule has 1 atom stereocenters. The van der Waals surface area contributed by atoms with Crippen molar-refractivity contribution in [2.24, 2.45) is 0 Å². The lowest BCUT2D eigenvalue weighted by molar-refractivity contribution is -0.139. The van der Waals surface area contributed by atoms with Gasteiger partial charge in [0.05, 0.1) is 12.5 Å². The number of hydrogen-bond acceptors (Lipinski definition) is 3. The Bertz CT molecular complexity index is 441. The highest BCUT2D eigenvalue weighted by atomic mass is 16.4. The molecule has 1 amide bonds. The van der Waals surface area contributed by atoms with Crippen molar-refractivity contribution in [3.8, 4) is 0 Å². The van der Waals surface area contributed by atoms with Gasteiger partial charge in [0, 0.05) is 5.69 Å². The number of likely N-dealkylation sites (N-methyl/N-ethyl adjacent to an activating group) is 1. The SMILES string of the molecule is CN[C@@H](CC(=O)O)C(=O)Nc1ccc(C(C)C)cc1. The maximum Gasteiger partial charge on any atom is 0.305 e. The monoisotopic (exact) mass is 264 g/mol. The zero-order chi connectivity index (χ0) is 14.4. The number of carboxylic acid groups (broad SMARTS) is 1. The molecule has 0 saturated carbocycles. The molecule has 1 aromatic carbocycles. The summed E-state index contributed by atoms with van der Waals surface area (Å²) in [4.78, 5) is 22.5. The van der Waals surface area contributed by atoms with E-state index in [1.807, 2.05) is 24.3 Å². The molecule has 0 unspecified atom stereocenters. The summed E-state index contributed by atoms with van der Waals surface area (Å²) in [5.74, 6) is -0.923. The maximum absolute atomic E-state index is 11.9. The van der Waals surface area contributed by atoms with E-state index < -0.39 is 12.0 Å². The fraction of sp³-hybridized carbons (Fsp3) is 0.429. The molecule has 5 nitrogen and oxygen atoms in total. The van der Waals surface area contributed by atoms with E-state index in [0.717, 1.165) is 0 Å². The van der Waals surface area contributed by atoms with E-state index >= 15 is 0 Å². The van der Waals surface area contributed by atoms with E-state index in [-0.39, 0.29) is 12.3 Å². The topological polar surface area (TPSA) is 78.4 Å². The molecule has 0 aliphatic carbocycles. The van der Waals surface area contributed by atoms with Gasteiger partial charge in [0.25, 0.3) is 0 Å². The summed E-state index contributed by atoms with van der Waals surface area (Å²) in [5, 5.41) is 14.1. The molecule has 0 heterocycles. The van der Waals surface area contributed by atoms with Gasteiger partial charge in [-0.25, -0.2) is 0 Å². The first kappa shape index (κ1) is 15.2. The van der Waals surface area contributed by atoms with Crippen LogP contribution < -0.4 is 10.6 Å². The predicted molar refractivity (Wildman–Crippen MR) is 74.3 cm³/mol. The molecule has 1 aromatic rings. The number of hydrogen-bond donors (Lipinski definition) is 3. The van der Waals surface area contributed by atoms with Gasteiger partial charge in [-0.3, -0.25) is 9.59 Å². The largest absolute Gasteiger partial charge is 0.481 e. The maximum atomic E-state index is 11.9. The molecule has 1 rings (SSSR count). The van der Waals surface area contributed by atoms with Gasteiger partial charge in [0.2, 0.25) is 5.91 Å². The van der Waals surface area contributed by atoms with Crippen LogP contribution in [0.15, 0.2) is 24.3 Å². The lowest BCUT2D eigenvalue weighted by Crippen LogP contribution is -2.40. The van der Waals surface area contributed by atoms with Crippen molar-refractivity contribution in [1.82, 2.24) is 5.32 Å². The van der Waals surface area contributed by atoms with E-state index in [2.05, 4.69) is 24.5 Å². The third kappa shape index (κ3) is 4.71. The smallest absolute Gasteiger partial charge is 0.305 e. The Kier molecular flexibility index (Phi) is 5.51. The van der Waals surface area contributed by atoms with E-state index in [4.69, 9.17) is 5.11 Å². The van der Waals surface area contributed by atoms with Crippen molar-refractivity contribution in [2.45, 2.75) is 32.2 Å². The molecule has 0 spiro atoms. The van der Waals surface area contributed by atoms with Crippen LogP contribution in [0.3, 0.4) is 0 Å². The van der Waals surface area contributed by atoms with E-state index in [1.54, 1.807) is 7.05 Å². The fourth-order valence-corrected chi connectivity index (χ4v) is 1.68. The van der Waals surface area contributed by atoms with Crippen molar-refractivity contribution in [3.05, 3.63) is 29.8 Å². The van der Waals surface area contributed by atoms with E-state index in [9.17, 15) is 9.59 Å². The zero-order valence-corrected chi connectivity index (χ0v) is 11.4. The summed E-state index contributed by atoms with van der Waals surface area (Å²) in [6, 6.07) is 6.81. The number of nitrogens with one attached hydrogen (secondary N) is 2. The summed E-state index contributed by atoms with van der Waals surface area (Å²) < 4.78 is 0. The van der Waals surface area contributed by atoms with Crippen LogP contribution in [0, 0.1) is 0 Å². The van der Waals surface area contributed by atoms with Crippen LogP contribution in [0.4, 0.5) is 5.69 Å². The van der Waals surface area contributed by atoms with Crippen molar-refractivity contribution in [2.75, 3.05) is 12.4 Å². The molecule has 0 aliphatic heterocycles. The van der Waals surface area contributed by atoms with Gasteiger partial charge in [0.1, 0.15) is 0 Å². The minimum atomic E-state index is -1.01. The predicted octanol–water partition coefficient (Wildman–Crippen LogP) is 1.81. The fourth-order valence-electron chi connectivity index (χ4n) is 1.68. The molecule has 0 fully saturated rings. The van der Waals surface area contributed by atoms with Crippen molar-refractivity contribution in [1.29, 1.82) is 0 Å². The second kappa shape index (κ2) is 6.89. The molecule has 3 N–H and O–H groups in total. The molecule has 19 heavy (non-hydrogen) atoms. The first-order valence-electron chi connectivity index (χ1n) is 6.24. The quantitative estimate of drug-likeness (QED) is 0.732. The average molecular weight is 264 g/mol. The molecule has 104 valence electrons. The number of carbonyl (C=O) groups is 2. The van der Waals surface area contributed by atoms with Crippen LogP contribution in [0.25, 0.3) is 0 Å². The summed E-state index contributed by atoms with van der Waals surface area (Å²) >= 11 is 0. The van der Waals surface area contributed by atoms with Crippen LogP contribution >= 0.6 is 0 Å². The number of rotatable bonds is 6. The Morgan fingerprint density at radius 3 is 2.21 bits per heavy atom. The highest BCUT2D eigenvalue weighted by molar-refractivity contribution is 5.96. The normalized spacial score (nSPS) is 12.2. The van der Waals surface area contributed by atoms with Crippen LogP contribution in [0.1, 0.15) is 31.7 Å². The molecule has 0 bridgehead atoms. The molecule has 5 heteroatoms. The molecule has 0 aromatic heterocycles. The number of aliphatic carboxylic acids is 1. The zero-order valence-electron chi connectivity index (χ0n) is 11.4. The molecule has 0 aliphatic rings. The van der Waals surface area contributed by atoms with Crippen molar-refractivity contribution < 1.29 is 14.7 Å². The third-order valence-corrected chi connectivity index (χ3v) is 2.89.